The largest absolute Gasteiger partial charge is 0.528 e. The Hall–Kier alpha value is -11.9. The second-order valence-electron chi connectivity index (χ2n) is 22.3. The minimum absolute atomic E-state index is 0. The Kier molecular flexibility index (Phi) is 36.3. The van der Waals surface area contributed by atoms with Gasteiger partial charge in [-0.1, -0.05) is 0 Å². The van der Waals surface area contributed by atoms with Crippen molar-refractivity contribution >= 4 is 34.4 Å². The molecule has 0 heterocycles. The monoisotopic (exact) mass is 1660 g/mol. The zero-order valence-corrected chi connectivity index (χ0v) is 68.8. The molecule has 0 amide bonds. The molecule has 29 heteroatoms. The fraction of sp³-hybridized carbons (Fsp3) is 0.143. The molecule has 12 rings (SSSR count). The van der Waals surface area contributed by atoms with Gasteiger partial charge in [-0.05, 0) is 291 Å². The Morgan fingerprint density at radius 2 is 0.159 bits per heavy atom. The summed E-state index contributed by atoms with van der Waals surface area (Å²) in [4.78, 5) is 0. The zero-order valence-electron chi connectivity index (χ0n) is 63.8. The molecule has 12 aromatic carbocycles. The second kappa shape index (κ2) is 47.3. The number of benzene rings is 12. The third-order valence-electron chi connectivity index (χ3n) is 15.1. The molecule has 0 saturated carbocycles. The van der Waals surface area contributed by atoms with E-state index in [2.05, 4.69) is 0 Å². The molecular formula is C84H88NiO24P4+4. The van der Waals surface area contributed by atoms with Gasteiger partial charge < -0.3 is 56.8 Å². The molecule has 0 saturated heterocycles. The number of methoxy groups -OCH3 is 12. The van der Waals surface area contributed by atoms with Gasteiger partial charge in [0, 0.05) is 16.5 Å². The van der Waals surface area contributed by atoms with Crippen LogP contribution in [0.15, 0.2) is 291 Å². The normalized spacial score (nSPS) is 10.2. The van der Waals surface area contributed by atoms with E-state index in [1.165, 1.54) is 0 Å². The Labute approximate surface area is 672 Å². The Bertz CT molecular complexity index is 3530. The van der Waals surface area contributed by atoms with Crippen molar-refractivity contribution < 1.29 is 128 Å². The van der Waals surface area contributed by atoms with Gasteiger partial charge in [-0.25, -0.2) is 0 Å². The molecule has 0 unspecified atom stereocenters. The molecule has 0 bridgehead atoms. The van der Waals surface area contributed by atoms with Crippen molar-refractivity contribution in [3.05, 3.63) is 291 Å². The van der Waals surface area contributed by atoms with Gasteiger partial charge in [0.25, 0.3) is 0 Å². The van der Waals surface area contributed by atoms with Crippen molar-refractivity contribution in [2.45, 2.75) is 0 Å². The SMILES string of the molecule is COc1ccc(O[PH+](Oc2ccc(OC)cc2)Oc2ccc(OC)cc2)cc1.COc1ccc(O[PH+](Oc2ccc(OC)cc2)Oc2ccc(OC)cc2)cc1.COc1ccc(O[PH+](Oc2ccc(OC)cc2)Oc2ccc(OC)cc2)cc1.COc1ccc(O[PH+](Oc2ccc(OC)cc2)Oc2ccc(OC)cc2)cc1.[Ni]. The van der Waals surface area contributed by atoms with E-state index in [1.54, 1.807) is 231 Å². The summed E-state index contributed by atoms with van der Waals surface area (Å²) in [6, 6.07) is 86.9. The van der Waals surface area contributed by atoms with Gasteiger partial charge in [0.15, 0.2) is 69.0 Å². The summed E-state index contributed by atoms with van der Waals surface area (Å²) in [5.41, 5.74) is 0. The van der Waals surface area contributed by atoms with Gasteiger partial charge in [0.1, 0.15) is 69.0 Å². The Morgan fingerprint density at radius 3 is 0.212 bits per heavy atom. The van der Waals surface area contributed by atoms with E-state index in [9.17, 15) is 0 Å². The average molecular weight is 1660 g/mol. The third-order valence-corrected chi connectivity index (χ3v) is 20.0. The number of ether oxygens (including phenoxy) is 12. The minimum Gasteiger partial charge on any atom is -0.497 e. The van der Waals surface area contributed by atoms with E-state index in [4.69, 9.17) is 111 Å². The second-order valence-corrected chi connectivity index (χ2v) is 26.8. The molecule has 0 atom stereocenters. The topological polar surface area (TPSA) is 222 Å². The van der Waals surface area contributed by atoms with E-state index < -0.39 is 34.4 Å². The van der Waals surface area contributed by atoms with E-state index in [-0.39, 0.29) is 16.5 Å². The van der Waals surface area contributed by atoms with Gasteiger partial charge in [0.05, 0.1) is 85.3 Å². The third kappa shape index (κ3) is 29.7. The Morgan fingerprint density at radius 1 is 0.106 bits per heavy atom. The van der Waals surface area contributed by atoms with Crippen LogP contribution in [0.3, 0.4) is 0 Å². The number of hydrogen-bond donors (Lipinski definition) is 0. The van der Waals surface area contributed by atoms with Gasteiger partial charge in [-0.2, -0.15) is 0 Å². The molecule has 0 fully saturated rings. The Balaban J connectivity index is 0.000000188. The summed E-state index contributed by atoms with van der Waals surface area (Å²) < 4.78 is 134. The number of rotatable bonds is 36. The van der Waals surface area contributed by atoms with Crippen LogP contribution in [0.25, 0.3) is 0 Å². The summed E-state index contributed by atoms with van der Waals surface area (Å²) in [6.07, 6.45) is 0. The summed E-state index contributed by atoms with van der Waals surface area (Å²) in [5, 5.41) is 0. The summed E-state index contributed by atoms with van der Waals surface area (Å²) >= 11 is 0. The first-order chi connectivity index (χ1) is 54.8. The first-order valence-corrected chi connectivity index (χ1v) is 39.0. The van der Waals surface area contributed by atoms with Crippen LogP contribution in [-0.4, -0.2) is 85.3 Å². The van der Waals surface area contributed by atoms with Crippen molar-refractivity contribution in [1.29, 1.82) is 0 Å². The molecular weight excluding hydrogens is 1580 g/mol. The van der Waals surface area contributed by atoms with Gasteiger partial charge in [-0.3, -0.25) is 54.3 Å². The quantitative estimate of drug-likeness (QED) is 0.0263. The molecule has 113 heavy (non-hydrogen) atoms. The first kappa shape index (κ1) is 86.6. The molecule has 12 aromatic rings. The van der Waals surface area contributed by atoms with E-state index in [1.807, 2.05) is 146 Å². The molecule has 594 valence electrons. The molecule has 24 nitrogen and oxygen atoms in total. The van der Waals surface area contributed by atoms with Crippen LogP contribution in [0.2, 0.25) is 0 Å². The molecule has 0 aromatic heterocycles. The molecule has 0 spiro atoms. The molecule has 0 N–H and O–H groups in total. The van der Waals surface area contributed by atoms with E-state index >= 15 is 0 Å². The maximum atomic E-state index is 5.97. The van der Waals surface area contributed by atoms with E-state index in [0.29, 0.717) is 69.0 Å². The summed E-state index contributed by atoms with van der Waals surface area (Å²) in [7, 11) is 10.7. The molecule has 0 aliphatic heterocycles. The minimum atomic E-state index is -2.18. The zero-order chi connectivity index (χ0) is 79.1. The van der Waals surface area contributed by atoms with Crippen molar-refractivity contribution in [1.82, 2.24) is 0 Å². The number of hydrogen-bond acceptors (Lipinski definition) is 24. The van der Waals surface area contributed by atoms with Crippen LogP contribution in [0.1, 0.15) is 0 Å². The van der Waals surface area contributed by atoms with Crippen molar-refractivity contribution in [3.8, 4) is 138 Å². The summed E-state index contributed by atoms with van der Waals surface area (Å²) in [5.74, 6) is 16.4. The standard InChI is InChI=1S/4C21H22O6P.Ni/c4*1-22-16-4-10-19(11-5-16)25-28(26-20-12-6-17(23-2)7-13-20)27-21-14-8-18(24-3)9-15-21;/h4*4-15,28H,1-3H3;/q4*+1;. The predicted molar refractivity (Wildman–Crippen MR) is 437 cm³/mol. The van der Waals surface area contributed by atoms with Crippen LogP contribution >= 0.6 is 34.4 Å². The van der Waals surface area contributed by atoms with Crippen LogP contribution in [0.5, 0.6) is 138 Å². The van der Waals surface area contributed by atoms with Crippen LogP contribution in [0.4, 0.5) is 0 Å². The van der Waals surface area contributed by atoms with E-state index in [0.717, 1.165) is 69.0 Å². The molecule has 0 radical (unpaired) electrons. The smallest absolute Gasteiger partial charge is 0.497 e. The maximum Gasteiger partial charge on any atom is 0.528 e. The fourth-order valence-corrected chi connectivity index (χ4v) is 13.6. The molecule has 0 aliphatic rings. The average Bonchev–Trinajstić information content (AvgIpc) is 0.871. The van der Waals surface area contributed by atoms with Crippen LogP contribution < -0.4 is 111 Å². The van der Waals surface area contributed by atoms with Gasteiger partial charge in [0.2, 0.25) is 0 Å². The van der Waals surface area contributed by atoms with Crippen molar-refractivity contribution in [2.24, 2.45) is 0 Å². The van der Waals surface area contributed by atoms with Gasteiger partial charge >= 0.3 is 34.4 Å². The predicted octanol–water partition coefficient (Wildman–Crippen LogP) is 20.8. The van der Waals surface area contributed by atoms with Gasteiger partial charge in [-0.15, -0.1) is 0 Å². The van der Waals surface area contributed by atoms with Crippen LogP contribution in [0, 0.1) is 0 Å². The first-order valence-electron chi connectivity index (χ1n) is 34.1. The molecule has 0 aliphatic carbocycles. The van der Waals surface area contributed by atoms with Crippen molar-refractivity contribution in [3.63, 3.8) is 0 Å². The summed E-state index contributed by atoms with van der Waals surface area (Å²) in [6.45, 7) is 0. The fourth-order valence-electron chi connectivity index (χ4n) is 9.13. The van der Waals surface area contributed by atoms with Crippen molar-refractivity contribution in [2.75, 3.05) is 85.3 Å². The van der Waals surface area contributed by atoms with Crippen LogP contribution in [-0.2, 0) is 16.5 Å². The maximum absolute atomic E-state index is 5.97.